The number of hydrogen-bond donors (Lipinski definition) is 0. The lowest BCUT2D eigenvalue weighted by Gasteiger charge is -2.35. The molecule has 5 nitrogen and oxygen atoms in total. The molecule has 6 heteroatoms. The van der Waals surface area contributed by atoms with Gasteiger partial charge in [-0.1, -0.05) is 19.8 Å². The first-order valence-electron chi connectivity index (χ1n) is 9.95. The van der Waals surface area contributed by atoms with Crippen molar-refractivity contribution in [2.45, 2.75) is 69.2 Å². The molecule has 1 unspecified atom stereocenters. The van der Waals surface area contributed by atoms with E-state index in [0.717, 1.165) is 51.5 Å². The first-order valence-corrected chi connectivity index (χ1v) is 11.4. The summed E-state index contributed by atoms with van der Waals surface area (Å²) in [5, 5.41) is 0. The lowest BCUT2D eigenvalue weighted by Crippen LogP contribution is -2.43. The molecule has 0 aromatic heterocycles. The van der Waals surface area contributed by atoms with Crippen LogP contribution in [-0.2, 0) is 10.0 Å². The average Bonchev–Trinajstić information content (AvgIpc) is 2.97. The maximum absolute atomic E-state index is 12.9. The highest BCUT2D eigenvalue weighted by molar-refractivity contribution is 7.89. The topological polar surface area (TPSA) is 57.7 Å². The van der Waals surface area contributed by atoms with Crippen LogP contribution < -0.4 is 0 Å². The molecule has 26 heavy (non-hydrogen) atoms. The van der Waals surface area contributed by atoms with E-state index in [2.05, 4.69) is 6.92 Å². The fourth-order valence-electron chi connectivity index (χ4n) is 4.06. The second-order valence-corrected chi connectivity index (χ2v) is 9.34. The lowest BCUT2D eigenvalue weighted by atomic mass is 9.99. The number of hydrogen-bond acceptors (Lipinski definition) is 3. The minimum Gasteiger partial charge on any atom is -0.336 e. The first kappa shape index (κ1) is 19.4. The van der Waals surface area contributed by atoms with Crippen LogP contribution in [0.25, 0.3) is 0 Å². The minimum atomic E-state index is -3.46. The molecule has 3 rings (SSSR count). The Labute approximate surface area is 157 Å². The van der Waals surface area contributed by atoms with Gasteiger partial charge in [-0.25, -0.2) is 8.42 Å². The maximum Gasteiger partial charge on any atom is 0.254 e. The summed E-state index contributed by atoms with van der Waals surface area (Å²) in [7, 11) is -3.46. The van der Waals surface area contributed by atoms with Crippen molar-refractivity contribution in [3.8, 4) is 0 Å². The van der Waals surface area contributed by atoms with Gasteiger partial charge in [-0.3, -0.25) is 4.79 Å². The molecule has 2 saturated heterocycles. The Hall–Kier alpha value is -1.40. The molecule has 0 saturated carbocycles. The van der Waals surface area contributed by atoms with Crippen molar-refractivity contribution in [1.29, 1.82) is 0 Å². The van der Waals surface area contributed by atoms with Crippen molar-refractivity contribution in [3.05, 3.63) is 29.8 Å². The minimum absolute atomic E-state index is 0.0234. The van der Waals surface area contributed by atoms with Crippen molar-refractivity contribution >= 4 is 15.9 Å². The lowest BCUT2D eigenvalue weighted by molar-refractivity contribution is 0.0608. The van der Waals surface area contributed by atoms with Gasteiger partial charge in [0.25, 0.3) is 5.91 Å². The zero-order valence-electron chi connectivity index (χ0n) is 15.7. The van der Waals surface area contributed by atoms with Crippen molar-refractivity contribution in [2.75, 3.05) is 19.6 Å². The molecule has 1 amide bonds. The Morgan fingerprint density at radius 2 is 1.58 bits per heavy atom. The van der Waals surface area contributed by atoms with Gasteiger partial charge in [0.15, 0.2) is 0 Å². The Balaban J connectivity index is 1.76. The van der Waals surface area contributed by atoms with Crippen LogP contribution in [0.5, 0.6) is 0 Å². The Morgan fingerprint density at radius 1 is 0.962 bits per heavy atom. The molecule has 1 aromatic rings. The van der Waals surface area contributed by atoms with Crippen LogP contribution in [0, 0.1) is 0 Å². The van der Waals surface area contributed by atoms with Crippen molar-refractivity contribution in [2.24, 2.45) is 0 Å². The number of amides is 1. The summed E-state index contributed by atoms with van der Waals surface area (Å²) in [5.74, 6) is 0.0234. The molecule has 0 bridgehead atoms. The second kappa shape index (κ2) is 8.53. The predicted octanol–water partition coefficient (Wildman–Crippen LogP) is 3.66. The number of rotatable bonds is 4. The van der Waals surface area contributed by atoms with Crippen molar-refractivity contribution in [1.82, 2.24) is 9.21 Å². The smallest absolute Gasteiger partial charge is 0.254 e. The molecule has 2 heterocycles. The quantitative estimate of drug-likeness (QED) is 0.803. The molecule has 0 radical (unpaired) electrons. The van der Waals surface area contributed by atoms with Crippen LogP contribution in [0.15, 0.2) is 29.2 Å². The van der Waals surface area contributed by atoms with Gasteiger partial charge in [0.1, 0.15) is 0 Å². The van der Waals surface area contributed by atoms with E-state index in [1.54, 1.807) is 28.6 Å². The van der Waals surface area contributed by atoms with Crippen LogP contribution in [0.2, 0.25) is 0 Å². The van der Waals surface area contributed by atoms with Crippen LogP contribution in [0.3, 0.4) is 0 Å². The largest absolute Gasteiger partial charge is 0.336 e. The molecule has 1 atom stereocenters. The molecule has 2 fully saturated rings. The van der Waals surface area contributed by atoms with Gasteiger partial charge in [-0.05, 0) is 62.8 Å². The van der Waals surface area contributed by atoms with E-state index >= 15 is 0 Å². The summed E-state index contributed by atoms with van der Waals surface area (Å²) in [6.07, 6.45) is 8.27. The SMILES string of the molecule is CCC1CCCCN1C(=O)c1ccc(S(=O)(=O)N2CCCCCC2)cc1. The monoisotopic (exact) mass is 378 g/mol. The third-order valence-corrected chi connectivity index (χ3v) is 7.58. The average molecular weight is 379 g/mol. The number of piperidine rings is 1. The normalized spacial score (nSPS) is 22.8. The van der Waals surface area contributed by atoms with Gasteiger partial charge in [0, 0.05) is 31.2 Å². The summed E-state index contributed by atoms with van der Waals surface area (Å²) in [5.41, 5.74) is 0.583. The number of benzene rings is 1. The van der Waals surface area contributed by atoms with Gasteiger partial charge in [0.2, 0.25) is 10.0 Å². The standard InChI is InChI=1S/C20H30N2O3S/c1-2-18-9-5-8-16-22(18)20(23)17-10-12-19(13-11-17)26(24,25)21-14-6-3-4-7-15-21/h10-13,18H,2-9,14-16H2,1H3. The molecule has 0 aliphatic carbocycles. The number of sulfonamides is 1. The first-order chi connectivity index (χ1) is 12.5. The fourth-order valence-corrected chi connectivity index (χ4v) is 5.58. The highest BCUT2D eigenvalue weighted by Gasteiger charge is 2.28. The molecule has 0 N–H and O–H groups in total. The third-order valence-electron chi connectivity index (χ3n) is 5.66. The Morgan fingerprint density at radius 3 is 2.19 bits per heavy atom. The van der Waals surface area contributed by atoms with E-state index in [0.29, 0.717) is 29.6 Å². The number of carbonyl (C=O) groups is 1. The van der Waals surface area contributed by atoms with Crippen LogP contribution >= 0.6 is 0 Å². The summed E-state index contributed by atoms with van der Waals surface area (Å²) in [6, 6.07) is 6.84. The van der Waals surface area contributed by atoms with Gasteiger partial charge in [-0.2, -0.15) is 4.31 Å². The van der Waals surface area contributed by atoms with Gasteiger partial charge >= 0.3 is 0 Å². The van der Waals surface area contributed by atoms with Gasteiger partial charge in [-0.15, -0.1) is 0 Å². The number of likely N-dealkylation sites (tertiary alicyclic amines) is 1. The van der Waals surface area contributed by atoms with Gasteiger partial charge < -0.3 is 4.90 Å². The van der Waals surface area contributed by atoms with Crippen LogP contribution in [0.1, 0.15) is 68.6 Å². The van der Waals surface area contributed by atoms with Crippen molar-refractivity contribution in [3.63, 3.8) is 0 Å². The fraction of sp³-hybridized carbons (Fsp3) is 0.650. The summed E-state index contributed by atoms with van der Waals surface area (Å²) < 4.78 is 27.3. The molecule has 2 aliphatic rings. The molecule has 2 aliphatic heterocycles. The van der Waals surface area contributed by atoms with E-state index in [1.807, 2.05) is 4.90 Å². The highest BCUT2D eigenvalue weighted by atomic mass is 32.2. The molecular weight excluding hydrogens is 348 g/mol. The van der Waals surface area contributed by atoms with Crippen LogP contribution in [0.4, 0.5) is 0 Å². The van der Waals surface area contributed by atoms with Gasteiger partial charge in [0.05, 0.1) is 4.90 Å². The zero-order valence-corrected chi connectivity index (χ0v) is 16.5. The highest BCUT2D eigenvalue weighted by Crippen LogP contribution is 2.24. The number of nitrogens with zero attached hydrogens (tertiary/aromatic N) is 2. The van der Waals surface area contributed by atoms with E-state index in [4.69, 9.17) is 0 Å². The summed E-state index contributed by atoms with van der Waals surface area (Å²) in [4.78, 5) is 15.1. The molecule has 1 aromatic carbocycles. The predicted molar refractivity (Wildman–Crippen MR) is 103 cm³/mol. The Kier molecular flexibility index (Phi) is 6.35. The zero-order chi connectivity index (χ0) is 18.6. The molecule has 0 spiro atoms. The van der Waals surface area contributed by atoms with Crippen LogP contribution in [-0.4, -0.2) is 49.2 Å². The van der Waals surface area contributed by atoms with Crippen molar-refractivity contribution < 1.29 is 13.2 Å². The Bertz CT molecular complexity index is 707. The summed E-state index contributed by atoms with van der Waals surface area (Å²) in [6.45, 7) is 4.10. The molecule has 144 valence electrons. The van der Waals surface area contributed by atoms with E-state index < -0.39 is 10.0 Å². The summed E-state index contributed by atoms with van der Waals surface area (Å²) >= 11 is 0. The van der Waals surface area contributed by atoms with E-state index in [-0.39, 0.29) is 5.91 Å². The van der Waals surface area contributed by atoms with E-state index in [9.17, 15) is 13.2 Å². The molecular formula is C20H30N2O3S. The number of carbonyl (C=O) groups excluding carboxylic acids is 1. The second-order valence-electron chi connectivity index (χ2n) is 7.40. The van der Waals surface area contributed by atoms with E-state index in [1.165, 1.54) is 6.42 Å². The maximum atomic E-state index is 12.9. The third kappa shape index (κ3) is 4.12.